The van der Waals surface area contributed by atoms with Gasteiger partial charge in [0, 0.05) is 0 Å². The van der Waals surface area contributed by atoms with Crippen LogP contribution in [0.4, 0.5) is 0 Å². The summed E-state index contributed by atoms with van der Waals surface area (Å²) in [5.74, 6) is 0. The van der Waals surface area contributed by atoms with Crippen LogP contribution in [0.3, 0.4) is 0 Å². The lowest BCUT2D eigenvalue weighted by Crippen LogP contribution is -2.29. The van der Waals surface area contributed by atoms with Crippen LogP contribution in [-0.4, -0.2) is 12.5 Å². The summed E-state index contributed by atoms with van der Waals surface area (Å²) < 4.78 is 4.81. The van der Waals surface area contributed by atoms with Crippen molar-refractivity contribution in [2.45, 2.75) is 26.3 Å². The van der Waals surface area contributed by atoms with Gasteiger partial charge in [-0.25, -0.2) is 0 Å². The maximum atomic E-state index is 5.19. The Morgan fingerprint density at radius 3 is 1.43 bits per heavy atom. The molecule has 3 nitrogen and oxygen atoms in total. The summed E-state index contributed by atoms with van der Waals surface area (Å²) in [6, 6.07) is 0. The summed E-state index contributed by atoms with van der Waals surface area (Å²) in [4.78, 5) is 0. The highest BCUT2D eigenvalue weighted by Crippen LogP contribution is 1.81. The topological polar surface area (TPSA) is 61.3 Å². The normalized spacial score (nSPS) is 18.9. The lowest BCUT2D eigenvalue weighted by molar-refractivity contribution is 0.0161. The number of rotatable bonds is 2. The Balaban J connectivity index is 2.95. The Morgan fingerprint density at radius 1 is 1.14 bits per heavy atom. The predicted molar refractivity (Wildman–Crippen MR) is 28.4 cm³/mol. The van der Waals surface area contributed by atoms with Crippen LogP contribution in [0.2, 0.25) is 0 Å². The second-order valence-corrected chi connectivity index (χ2v) is 1.55. The van der Waals surface area contributed by atoms with E-state index in [9.17, 15) is 0 Å². The van der Waals surface area contributed by atoms with Gasteiger partial charge >= 0.3 is 0 Å². The molecule has 0 aliphatic heterocycles. The molecule has 44 valence electrons. The first-order chi connectivity index (χ1) is 3.13. The standard InChI is InChI=1S/C4H12N2O/c1-3(5)7-4(2)6/h3-4H,5-6H2,1-2H3/t3-,4-/m0/s1. The minimum absolute atomic E-state index is 0.250. The van der Waals surface area contributed by atoms with Crippen LogP contribution in [0.1, 0.15) is 13.8 Å². The van der Waals surface area contributed by atoms with Crippen molar-refractivity contribution in [1.82, 2.24) is 0 Å². The van der Waals surface area contributed by atoms with Gasteiger partial charge in [-0.2, -0.15) is 0 Å². The van der Waals surface area contributed by atoms with Crippen LogP contribution < -0.4 is 11.5 Å². The molecule has 0 aliphatic rings. The van der Waals surface area contributed by atoms with Crippen molar-refractivity contribution in [1.29, 1.82) is 0 Å². The number of nitrogens with two attached hydrogens (primary N) is 2. The lowest BCUT2D eigenvalue weighted by Gasteiger charge is -2.09. The highest BCUT2D eigenvalue weighted by atomic mass is 16.5. The highest BCUT2D eigenvalue weighted by Gasteiger charge is 1.94. The Kier molecular flexibility index (Phi) is 2.91. The summed E-state index contributed by atoms with van der Waals surface area (Å²) in [6.07, 6.45) is -0.500. The Labute approximate surface area is 43.6 Å². The SMILES string of the molecule is C[C@@H](N)O[C@@H](C)N. The van der Waals surface area contributed by atoms with E-state index in [1.807, 2.05) is 0 Å². The molecule has 0 radical (unpaired) electrons. The van der Waals surface area contributed by atoms with Crippen molar-refractivity contribution in [3.63, 3.8) is 0 Å². The van der Waals surface area contributed by atoms with E-state index >= 15 is 0 Å². The molecule has 0 bridgehead atoms. The van der Waals surface area contributed by atoms with E-state index in [4.69, 9.17) is 16.2 Å². The summed E-state index contributed by atoms with van der Waals surface area (Å²) >= 11 is 0. The molecule has 3 heteroatoms. The number of ether oxygens (including phenoxy) is 1. The first-order valence-corrected chi connectivity index (χ1v) is 2.29. The van der Waals surface area contributed by atoms with Crippen LogP contribution in [0.5, 0.6) is 0 Å². The quantitative estimate of drug-likeness (QED) is 0.469. The first-order valence-electron chi connectivity index (χ1n) is 2.29. The van der Waals surface area contributed by atoms with Gasteiger partial charge in [-0.05, 0) is 13.8 Å². The minimum Gasteiger partial charge on any atom is -0.346 e. The van der Waals surface area contributed by atoms with Gasteiger partial charge in [-0.15, -0.1) is 0 Å². The Bertz CT molecular complexity index is 39.0. The molecule has 7 heavy (non-hydrogen) atoms. The molecule has 0 fully saturated rings. The van der Waals surface area contributed by atoms with E-state index in [0.717, 1.165) is 0 Å². The van der Waals surface area contributed by atoms with E-state index in [2.05, 4.69) is 0 Å². The Hall–Kier alpha value is -0.120. The fraction of sp³-hybridized carbons (Fsp3) is 1.00. The third-order valence-corrected chi connectivity index (χ3v) is 0.429. The second-order valence-electron chi connectivity index (χ2n) is 1.55. The smallest absolute Gasteiger partial charge is 0.104 e. The van der Waals surface area contributed by atoms with Crippen LogP contribution in [0, 0.1) is 0 Å². The summed E-state index contributed by atoms with van der Waals surface area (Å²) in [5, 5.41) is 0. The third-order valence-electron chi connectivity index (χ3n) is 0.429. The minimum atomic E-state index is -0.250. The van der Waals surface area contributed by atoms with Gasteiger partial charge in [-0.3, -0.25) is 0 Å². The molecule has 0 aromatic carbocycles. The van der Waals surface area contributed by atoms with Crippen LogP contribution in [0.25, 0.3) is 0 Å². The van der Waals surface area contributed by atoms with Crippen LogP contribution in [0.15, 0.2) is 0 Å². The predicted octanol–water partition coefficient (Wildman–Crippen LogP) is -0.388. The van der Waals surface area contributed by atoms with Crippen LogP contribution in [-0.2, 0) is 4.74 Å². The fourth-order valence-corrected chi connectivity index (χ4v) is 0.339. The van der Waals surface area contributed by atoms with Crippen molar-refractivity contribution in [3.05, 3.63) is 0 Å². The molecule has 0 heterocycles. The number of hydrogen-bond donors (Lipinski definition) is 2. The van der Waals surface area contributed by atoms with Gasteiger partial charge in [0.1, 0.15) is 12.5 Å². The molecule has 4 N–H and O–H groups in total. The van der Waals surface area contributed by atoms with Gasteiger partial charge in [0.05, 0.1) is 0 Å². The lowest BCUT2D eigenvalue weighted by atomic mass is 10.6. The zero-order chi connectivity index (χ0) is 5.86. The fourth-order valence-electron chi connectivity index (χ4n) is 0.339. The van der Waals surface area contributed by atoms with E-state index in [0.29, 0.717) is 0 Å². The van der Waals surface area contributed by atoms with Crippen molar-refractivity contribution < 1.29 is 4.74 Å². The highest BCUT2D eigenvalue weighted by molar-refractivity contribution is 4.36. The molecule has 0 saturated heterocycles. The maximum absolute atomic E-state index is 5.19. The molecule has 2 atom stereocenters. The molecule has 0 aliphatic carbocycles. The maximum Gasteiger partial charge on any atom is 0.104 e. The monoisotopic (exact) mass is 104 g/mol. The summed E-state index contributed by atoms with van der Waals surface area (Å²) in [6.45, 7) is 3.48. The molecule has 0 amide bonds. The van der Waals surface area contributed by atoms with E-state index in [-0.39, 0.29) is 12.5 Å². The van der Waals surface area contributed by atoms with E-state index < -0.39 is 0 Å². The molecule has 0 unspecified atom stereocenters. The third kappa shape index (κ3) is 5.88. The van der Waals surface area contributed by atoms with Gasteiger partial charge in [0.15, 0.2) is 0 Å². The van der Waals surface area contributed by atoms with Crippen molar-refractivity contribution in [2.24, 2.45) is 11.5 Å². The van der Waals surface area contributed by atoms with Crippen LogP contribution >= 0.6 is 0 Å². The average Bonchev–Trinajstić information content (AvgIpc) is 1.27. The van der Waals surface area contributed by atoms with Gasteiger partial charge in [0.25, 0.3) is 0 Å². The molecular formula is C4H12N2O. The Morgan fingerprint density at radius 2 is 1.43 bits per heavy atom. The molecule has 0 rings (SSSR count). The second kappa shape index (κ2) is 2.96. The average molecular weight is 104 g/mol. The van der Waals surface area contributed by atoms with Crippen molar-refractivity contribution in [3.8, 4) is 0 Å². The molecule has 0 spiro atoms. The van der Waals surface area contributed by atoms with E-state index in [1.165, 1.54) is 0 Å². The molecule has 0 aromatic heterocycles. The summed E-state index contributed by atoms with van der Waals surface area (Å²) in [7, 11) is 0. The zero-order valence-electron chi connectivity index (χ0n) is 4.72. The van der Waals surface area contributed by atoms with Crippen molar-refractivity contribution in [2.75, 3.05) is 0 Å². The van der Waals surface area contributed by atoms with E-state index in [1.54, 1.807) is 13.8 Å². The molecule has 0 saturated carbocycles. The number of hydrogen-bond acceptors (Lipinski definition) is 3. The summed E-state index contributed by atoms with van der Waals surface area (Å²) in [5.41, 5.74) is 10.4. The first kappa shape index (κ1) is 6.88. The molecule has 0 aromatic rings. The van der Waals surface area contributed by atoms with Gasteiger partial charge < -0.3 is 16.2 Å². The van der Waals surface area contributed by atoms with Crippen molar-refractivity contribution >= 4 is 0 Å². The van der Waals surface area contributed by atoms with Gasteiger partial charge in [-0.1, -0.05) is 0 Å². The zero-order valence-corrected chi connectivity index (χ0v) is 4.72. The largest absolute Gasteiger partial charge is 0.346 e. The van der Waals surface area contributed by atoms with Gasteiger partial charge in [0.2, 0.25) is 0 Å². The molecular weight excluding hydrogens is 92.1 g/mol.